The van der Waals surface area contributed by atoms with Crippen molar-refractivity contribution in [3.05, 3.63) is 40.2 Å². The van der Waals surface area contributed by atoms with Crippen molar-refractivity contribution in [2.75, 3.05) is 0 Å². The van der Waals surface area contributed by atoms with E-state index in [0.717, 1.165) is 12.5 Å². The number of hydrogen-bond acceptors (Lipinski definition) is 1. The zero-order valence-corrected chi connectivity index (χ0v) is 11.8. The Morgan fingerprint density at radius 2 is 1.94 bits per heavy atom. The van der Waals surface area contributed by atoms with Crippen molar-refractivity contribution in [2.24, 2.45) is 5.92 Å². The summed E-state index contributed by atoms with van der Waals surface area (Å²) in [5.41, 5.74) is 2.47. The van der Waals surface area contributed by atoms with E-state index in [-0.39, 0.29) is 0 Å². The van der Waals surface area contributed by atoms with Gasteiger partial charge in [0.1, 0.15) is 0 Å². The standard InChI is InChI=1S/C14H15IN2/c15-14-5-3-12(4-6-14)13-9-16-17(10-13)8-7-11-1-2-11/h3-6,9-11H,1-2,7-8H2. The normalized spacial score (nSPS) is 15.1. The summed E-state index contributed by atoms with van der Waals surface area (Å²) >= 11 is 2.33. The first-order valence-corrected chi connectivity index (χ1v) is 7.17. The van der Waals surface area contributed by atoms with Gasteiger partial charge in [-0.1, -0.05) is 25.0 Å². The van der Waals surface area contributed by atoms with Gasteiger partial charge in [-0.2, -0.15) is 5.10 Å². The SMILES string of the molecule is Ic1ccc(-c2cnn(CCC3CC3)c2)cc1. The molecule has 1 saturated carbocycles. The van der Waals surface area contributed by atoms with Crippen molar-refractivity contribution >= 4 is 22.6 Å². The van der Waals surface area contributed by atoms with Crippen molar-refractivity contribution in [1.29, 1.82) is 0 Å². The monoisotopic (exact) mass is 338 g/mol. The van der Waals surface area contributed by atoms with Crippen molar-refractivity contribution in [1.82, 2.24) is 9.78 Å². The first-order chi connectivity index (χ1) is 8.31. The van der Waals surface area contributed by atoms with Crippen LogP contribution in [-0.2, 0) is 6.54 Å². The van der Waals surface area contributed by atoms with Gasteiger partial charge in [0.25, 0.3) is 0 Å². The number of rotatable bonds is 4. The maximum Gasteiger partial charge on any atom is 0.0568 e. The molecule has 2 aromatic rings. The van der Waals surface area contributed by atoms with Gasteiger partial charge < -0.3 is 0 Å². The Balaban J connectivity index is 1.72. The third-order valence-electron chi connectivity index (χ3n) is 3.27. The van der Waals surface area contributed by atoms with Crippen molar-refractivity contribution < 1.29 is 0 Å². The topological polar surface area (TPSA) is 17.8 Å². The Hall–Kier alpha value is -0.840. The van der Waals surface area contributed by atoms with E-state index >= 15 is 0 Å². The van der Waals surface area contributed by atoms with E-state index in [9.17, 15) is 0 Å². The predicted octanol–water partition coefficient (Wildman–Crippen LogP) is 3.95. The molecular weight excluding hydrogens is 323 g/mol. The average Bonchev–Trinajstić information content (AvgIpc) is 3.06. The summed E-state index contributed by atoms with van der Waals surface area (Å²) in [6, 6.07) is 8.59. The van der Waals surface area contributed by atoms with Crippen molar-refractivity contribution in [2.45, 2.75) is 25.8 Å². The summed E-state index contributed by atoms with van der Waals surface area (Å²) in [5, 5.41) is 4.43. The van der Waals surface area contributed by atoms with Crippen LogP contribution in [0.25, 0.3) is 11.1 Å². The molecule has 3 heteroatoms. The van der Waals surface area contributed by atoms with Gasteiger partial charge in [-0.25, -0.2) is 0 Å². The fraction of sp³-hybridized carbons (Fsp3) is 0.357. The highest BCUT2D eigenvalue weighted by Gasteiger charge is 2.20. The van der Waals surface area contributed by atoms with Crippen LogP contribution in [-0.4, -0.2) is 9.78 Å². The van der Waals surface area contributed by atoms with Crippen LogP contribution >= 0.6 is 22.6 Å². The van der Waals surface area contributed by atoms with Crippen LogP contribution in [0.4, 0.5) is 0 Å². The maximum atomic E-state index is 4.43. The average molecular weight is 338 g/mol. The van der Waals surface area contributed by atoms with Gasteiger partial charge in [-0.3, -0.25) is 4.68 Å². The molecule has 3 rings (SSSR count). The Labute approximate surface area is 115 Å². The third kappa shape index (κ3) is 2.89. The molecule has 0 unspecified atom stereocenters. The minimum Gasteiger partial charge on any atom is -0.272 e. The van der Waals surface area contributed by atoms with Gasteiger partial charge in [0.15, 0.2) is 0 Å². The summed E-state index contributed by atoms with van der Waals surface area (Å²) in [6.45, 7) is 1.06. The lowest BCUT2D eigenvalue weighted by Gasteiger charge is -1.99. The van der Waals surface area contributed by atoms with Crippen LogP contribution in [0.1, 0.15) is 19.3 Å². The predicted molar refractivity (Wildman–Crippen MR) is 77.7 cm³/mol. The van der Waals surface area contributed by atoms with Crippen LogP contribution in [0.2, 0.25) is 0 Å². The van der Waals surface area contributed by atoms with E-state index in [4.69, 9.17) is 0 Å². The van der Waals surface area contributed by atoms with Gasteiger partial charge in [-0.05, 0) is 52.6 Å². The highest BCUT2D eigenvalue weighted by molar-refractivity contribution is 14.1. The maximum absolute atomic E-state index is 4.43. The van der Waals surface area contributed by atoms with E-state index in [1.165, 1.54) is 34.0 Å². The van der Waals surface area contributed by atoms with E-state index in [1.807, 2.05) is 6.20 Å². The van der Waals surface area contributed by atoms with E-state index in [2.05, 4.69) is 62.8 Å². The number of aryl methyl sites for hydroxylation is 1. The fourth-order valence-corrected chi connectivity index (χ4v) is 2.36. The first-order valence-electron chi connectivity index (χ1n) is 6.10. The number of aromatic nitrogens is 2. The quantitative estimate of drug-likeness (QED) is 0.772. The van der Waals surface area contributed by atoms with Gasteiger partial charge in [0.05, 0.1) is 6.20 Å². The lowest BCUT2D eigenvalue weighted by Crippen LogP contribution is -1.98. The fourth-order valence-electron chi connectivity index (χ4n) is 2.00. The first kappa shape index (κ1) is 11.3. The zero-order valence-electron chi connectivity index (χ0n) is 9.64. The van der Waals surface area contributed by atoms with E-state index in [1.54, 1.807) is 0 Å². The van der Waals surface area contributed by atoms with Crippen LogP contribution in [0.15, 0.2) is 36.7 Å². The Kier molecular flexibility index (Phi) is 3.18. The van der Waals surface area contributed by atoms with Gasteiger partial charge in [0, 0.05) is 21.9 Å². The molecule has 88 valence electrons. The summed E-state index contributed by atoms with van der Waals surface area (Å²) in [5.74, 6) is 0.973. The molecule has 1 fully saturated rings. The zero-order chi connectivity index (χ0) is 11.7. The molecule has 0 radical (unpaired) electrons. The largest absolute Gasteiger partial charge is 0.272 e. The van der Waals surface area contributed by atoms with Crippen LogP contribution in [0, 0.1) is 9.49 Å². The van der Waals surface area contributed by atoms with E-state index in [0.29, 0.717) is 0 Å². The van der Waals surface area contributed by atoms with Crippen LogP contribution in [0.5, 0.6) is 0 Å². The second kappa shape index (κ2) is 4.80. The molecular formula is C14H15IN2. The van der Waals surface area contributed by atoms with Crippen LogP contribution < -0.4 is 0 Å². The van der Waals surface area contributed by atoms with E-state index < -0.39 is 0 Å². The molecule has 1 aromatic carbocycles. The molecule has 0 N–H and O–H groups in total. The summed E-state index contributed by atoms with van der Waals surface area (Å²) in [6.07, 6.45) is 8.25. The van der Waals surface area contributed by atoms with Gasteiger partial charge >= 0.3 is 0 Å². The lowest BCUT2D eigenvalue weighted by atomic mass is 10.1. The molecule has 0 atom stereocenters. The minimum atomic E-state index is 0.973. The number of hydrogen-bond donors (Lipinski definition) is 0. The molecule has 1 aliphatic rings. The van der Waals surface area contributed by atoms with Crippen LogP contribution in [0.3, 0.4) is 0 Å². The van der Waals surface area contributed by atoms with Crippen molar-refractivity contribution in [3.63, 3.8) is 0 Å². The Morgan fingerprint density at radius 1 is 1.18 bits per heavy atom. The smallest absolute Gasteiger partial charge is 0.0568 e. The second-order valence-electron chi connectivity index (χ2n) is 4.73. The molecule has 0 amide bonds. The molecule has 0 bridgehead atoms. The van der Waals surface area contributed by atoms with Gasteiger partial charge in [0.2, 0.25) is 0 Å². The Bertz CT molecular complexity index is 497. The molecule has 1 aromatic heterocycles. The number of benzene rings is 1. The highest BCUT2D eigenvalue weighted by atomic mass is 127. The Morgan fingerprint density at radius 3 is 2.65 bits per heavy atom. The molecule has 1 aliphatic carbocycles. The third-order valence-corrected chi connectivity index (χ3v) is 3.99. The molecule has 0 spiro atoms. The van der Waals surface area contributed by atoms with Crippen molar-refractivity contribution in [3.8, 4) is 11.1 Å². The molecule has 0 saturated heterocycles. The number of nitrogens with zero attached hydrogens (tertiary/aromatic N) is 2. The number of halogens is 1. The summed E-state index contributed by atoms with van der Waals surface area (Å²) < 4.78 is 3.35. The lowest BCUT2D eigenvalue weighted by molar-refractivity contribution is 0.547. The molecule has 2 nitrogen and oxygen atoms in total. The van der Waals surface area contributed by atoms with Gasteiger partial charge in [-0.15, -0.1) is 0 Å². The minimum absolute atomic E-state index is 0.973. The second-order valence-corrected chi connectivity index (χ2v) is 5.98. The highest BCUT2D eigenvalue weighted by Crippen LogP contribution is 2.32. The summed E-state index contributed by atoms with van der Waals surface area (Å²) in [4.78, 5) is 0. The molecule has 17 heavy (non-hydrogen) atoms. The molecule has 1 heterocycles. The molecule has 0 aliphatic heterocycles. The summed E-state index contributed by atoms with van der Waals surface area (Å²) in [7, 11) is 0.